The Morgan fingerprint density at radius 2 is 1.83 bits per heavy atom. The average Bonchev–Trinajstić information content (AvgIpc) is 3.21. The molecule has 0 spiro atoms. The van der Waals surface area contributed by atoms with Crippen LogP contribution in [0.3, 0.4) is 0 Å². The van der Waals surface area contributed by atoms with Gasteiger partial charge in [0.05, 0.1) is 12.8 Å². The zero-order valence-electron chi connectivity index (χ0n) is 20.2. The fourth-order valence-electron chi connectivity index (χ4n) is 3.45. The zero-order valence-corrected chi connectivity index (χ0v) is 21.0. The highest BCUT2D eigenvalue weighted by Crippen LogP contribution is 2.23. The highest BCUT2D eigenvalue weighted by molar-refractivity contribution is 7.92. The van der Waals surface area contributed by atoms with Crippen LogP contribution in [0.4, 0.5) is 17.5 Å². The number of fused-ring (bicyclic) bond motifs is 1. The fourth-order valence-corrected chi connectivity index (χ4v) is 3.92. The molecule has 0 radical (unpaired) electrons. The predicted octanol–water partition coefficient (Wildman–Crippen LogP) is 2.95. The van der Waals surface area contributed by atoms with Crippen LogP contribution < -0.4 is 14.4 Å². The number of nitrogens with zero attached hydrogens (tertiary/aromatic N) is 6. The summed E-state index contributed by atoms with van der Waals surface area (Å²) in [6.07, 6.45) is 6.40. The molecule has 35 heavy (non-hydrogen) atoms. The van der Waals surface area contributed by atoms with Crippen molar-refractivity contribution >= 4 is 38.5 Å². The van der Waals surface area contributed by atoms with E-state index in [9.17, 15) is 8.42 Å². The van der Waals surface area contributed by atoms with E-state index >= 15 is 0 Å². The number of likely N-dealkylation sites (N-methyl/N-ethyl adjacent to an activating group) is 1. The molecule has 0 saturated carbocycles. The van der Waals surface area contributed by atoms with E-state index in [4.69, 9.17) is 9.72 Å². The molecule has 10 nitrogen and oxygen atoms in total. The van der Waals surface area contributed by atoms with Crippen molar-refractivity contribution in [2.24, 2.45) is 0 Å². The number of pyridine rings is 1. The normalized spacial score (nSPS) is 11.7. The molecule has 0 bridgehead atoms. The summed E-state index contributed by atoms with van der Waals surface area (Å²) in [5.74, 6) is 1.64. The minimum Gasteiger partial charge on any atom is -0.492 e. The number of hydrogen-bond donors (Lipinski definition) is 1. The second-order valence-electron chi connectivity index (χ2n) is 8.43. The third kappa shape index (κ3) is 6.06. The van der Waals surface area contributed by atoms with Crippen LogP contribution in [-0.2, 0) is 16.6 Å². The number of benzene rings is 1. The molecule has 0 unspecified atom stereocenters. The lowest BCUT2D eigenvalue weighted by Crippen LogP contribution is -2.27. The molecule has 3 aromatic heterocycles. The Morgan fingerprint density at radius 1 is 1.06 bits per heavy atom. The highest BCUT2D eigenvalue weighted by Gasteiger charge is 2.18. The Balaban J connectivity index is 1.52. The van der Waals surface area contributed by atoms with Crippen molar-refractivity contribution in [1.82, 2.24) is 24.4 Å². The first-order valence-corrected chi connectivity index (χ1v) is 12.9. The van der Waals surface area contributed by atoms with Crippen LogP contribution in [-0.4, -0.2) is 73.4 Å². The number of sulfonamides is 1. The summed E-state index contributed by atoms with van der Waals surface area (Å²) >= 11 is 0. The van der Waals surface area contributed by atoms with Crippen molar-refractivity contribution in [2.75, 3.05) is 50.2 Å². The molecule has 4 aromatic rings. The Kier molecular flexibility index (Phi) is 7.17. The van der Waals surface area contributed by atoms with Crippen molar-refractivity contribution in [3.8, 4) is 5.75 Å². The summed E-state index contributed by atoms with van der Waals surface area (Å²) in [6, 6.07) is 13.2. The lowest BCUT2D eigenvalue weighted by Gasteiger charge is -2.19. The van der Waals surface area contributed by atoms with Crippen LogP contribution in [0.5, 0.6) is 5.75 Å². The van der Waals surface area contributed by atoms with Gasteiger partial charge in [-0.25, -0.2) is 18.4 Å². The number of rotatable bonds is 10. The Morgan fingerprint density at radius 3 is 2.54 bits per heavy atom. The summed E-state index contributed by atoms with van der Waals surface area (Å²) < 4.78 is 33.0. The van der Waals surface area contributed by atoms with Gasteiger partial charge in [-0.15, -0.1) is 0 Å². The third-order valence-electron chi connectivity index (χ3n) is 5.42. The maximum atomic E-state index is 12.1. The van der Waals surface area contributed by atoms with E-state index < -0.39 is 10.0 Å². The number of ether oxygens (including phenoxy) is 1. The van der Waals surface area contributed by atoms with Gasteiger partial charge in [-0.3, -0.25) is 4.31 Å². The Hall–Kier alpha value is -3.70. The minimum atomic E-state index is -3.44. The summed E-state index contributed by atoms with van der Waals surface area (Å²) in [6.45, 7) is 1.87. The summed E-state index contributed by atoms with van der Waals surface area (Å²) in [4.78, 5) is 15.5. The van der Waals surface area contributed by atoms with Crippen molar-refractivity contribution in [3.05, 3.63) is 66.6 Å². The molecular weight excluding hydrogens is 466 g/mol. The molecule has 0 aliphatic rings. The van der Waals surface area contributed by atoms with Crippen LogP contribution in [0.15, 0.2) is 61.1 Å². The third-order valence-corrected chi connectivity index (χ3v) is 6.59. The summed E-state index contributed by atoms with van der Waals surface area (Å²) in [5, 5.41) is 4.11. The molecule has 0 fully saturated rings. The number of anilines is 3. The number of hydrogen-bond acceptors (Lipinski definition) is 8. The molecule has 0 aliphatic carbocycles. The second kappa shape index (κ2) is 10.3. The van der Waals surface area contributed by atoms with E-state index in [0.29, 0.717) is 24.9 Å². The molecular formula is C24H29N7O3S. The van der Waals surface area contributed by atoms with Gasteiger partial charge >= 0.3 is 0 Å². The number of aromatic nitrogens is 4. The van der Waals surface area contributed by atoms with Gasteiger partial charge in [0, 0.05) is 48.8 Å². The van der Waals surface area contributed by atoms with E-state index in [1.807, 2.05) is 61.3 Å². The molecule has 0 aliphatic heterocycles. The molecule has 0 saturated heterocycles. The fraction of sp³-hybridized carbons (Fsp3) is 0.292. The zero-order chi connectivity index (χ0) is 25.0. The van der Waals surface area contributed by atoms with Gasteiger partial charge < -0.3 is 19.5 Å². The highest BCUT2D eigenvalue weighted by atomic mass is 32.2. The van der Waals surface area contributed by atoms with Crippen molar-refractivity contribution in [3.63, 3.8) is 0 Å². The Labute approximate surface area is 205 Å². The van der Waals surface area contributed by atoms with E-state index in [1.165, 1.54) is 11.4 Å². The van der Waals surface area contributed by atoms with Gasteiger partial charge in [0.15, 0.2) is 0 Å². The van der Waals surface area contributed by atoms with Crippen LogP contribution in [0.25, 0.3) is 11.0 Å². The molecule has 1 aromatic carbocycles. The lowest BCUT2D eigenvalue weighted by atomic mass is 10.2. The first kappa shape index (κ1) is 24.4. The van der Waals surface area contributed by atoms with Crippen molar-refractivity contribution < 1.29 is 13.2 Å². The first-order chi connectivity index (χ1) is 16.7. The van der Waals surface area contributed by atoms with Crippen LogP contribution in [0.1, 0.15) is 5.56 Å². The second-order valence-corrected chi connectivity index (χ2v) is 10.4. The maximum Gasteiger partial charge on any atom is 0.233 e. The molecule has 3 heterocycles. The molecule has 4 rings (SSSR count). The van der Waals surface area contributed by atoms with Crippen LogP contribution >= 0.6 is 0 Å². The minimum absolute atomic E-state index is 0.386. The molecule has 0 amide bonds. The van der Waals surface area contributed by atoms with Crippen molar-refractivity contribution in [2.45, 2.75) is 6.54 Å². The van der Waals surface area contributed by atoms with E-state index in [1.54, 1.807) is 18.5 Å². The van der Waals surface area contributed by atoms with Gasteiger partial charge in [0.25, 0.3) is 0 Å². The lowest BCUT2D eigenvalue weighted by molar-refractivity contribution is 0.261. The number of nitrogens with one attached hydrogen (secondary N) is 1. The van der Waals surface area contributed by atoms with Crippen LogP contribution in [0, 0.1) is 0 Å². The van der Waals surface area contributed by atoms with Gasteiger partial charge in [-0.2, -0.15) is 4.98 Å². The molecule has 11 heteroatoms. The van der Waals surface area contributed by atoms with Gasteiger partial charge in [0.1, 0.15) is 23.8 Å². The van der Waals surface area contributed by atoms with Crippen LogP contribution in [0.2, 0.25) is 0 Å². The van der Waals surface area contributed by atoms with Gasteiger partial charge in [-0.05, 0) is 50.5 Å². The first-order valence-electron chi connectivity index (χ1n) is 11.0. The largest absolute Gasteiger partial charge is 0.492 e. The molecule has 1 N–H and O–H groups in total. The van der Waals surface area contributed by atoms with E-state index in [2.05, 4.69) is 20.2 Å². The average molecular weight is 496 g/mol. The smallest absolute Gasteiger partial charge is 0.233 e. The molecule has 184 valence electrons. The molecule has 0 atom stereocenters. The predicted molar refractivity (Wildman–Crippen MR) is 138 cm³/mol. The summed E-state index contributed by atoms with van der Waals surface area (Å²) in [5.41, 5.74) is 2.32. The monoisotopic (exact) mass is 495 g/mol. The van der Waals surface area contributed by atoms with Crippen molar-refractivity contribution in [1.29, 1.82) is 0 Å². The van der Waals surface area contributed by atoms with E-state index in [0.717, 1.165) is 40.8 Å². The summed E-state index contributed by atoms with van der Waals surface area (Å²) in [7, 11) is 2.07. The SMILES string of the molecule is CN(C)CCOc1ccc(Nc2ncc3ccn(Cc4cccnc4N(C)S(C)(=O)=O)c3n2)cc1. The van der Waals surface area contributed by atoms with Gasteiger partial charge in [-0.1, -0.05) is 6.07 Å². The Bertz CT molecular complexity index is 1400. The maximum absolute atomic E-state index is 12.1. The topological polar surface area (TPSA) is 105 Å². The standard InChI is InChI=1S/C24H29N7O3S/c1-29(2)14-15-34-21-9-7-20(8-10-21)27-24-26-16-18-11-13-31(23(18)28-24)17-19-6-5-12-25-22(19)30(3)35(4,32)33/h5-13,16H,14-15,17H2,1-4H3,(H,26,27,28). The van der Waals surface area contributed by atoms with E-state index in [-0.39, 0.29) is 0 Å². The quantitative estimate of drug-likeness (QED) is 0.358. The van der Waals surface area contributed by atoms with Gasteiger partial charge in [0.2, 0.25) is 16.0 Å².